The fourth-order valence-corrected chi connectivity index (χ4v) is 21.0. The van der Waals surface area contributed by atoms with Gasteiger partial charge in [-0.25, -0.2) is 0 Å². The van der Waals surface area contributed by atoms with Crippen LogP contribution >= 0.6 is 0 Å². The summed E-state index contributed by atoms with van der Waals surface area (Å²) < 4.78 is 0. The molecule has 18 aromatic carbocycles. The number of para-hydroxylation sites is 7. The van der Waals surface area contributed by atoms with E-state index in [4.69, 9.17) is 0 Å². The van der Waals surface area contributed by atoms with Gasteiger partial charge in [-0.15, -0.1) is 0 Å². The molecule has 0 aromatic heterocycles. The molecule has 24 rings (SSSR count). The largest absolute Gasteiger partial charge is 0.311 e. The number of hydrogen-bond acceptors (Lipinski definition) is 6. The Morgan fingerprint density at radius 1 is 0.162 bits per heavy atom. The molecule has 0 unspecified atom stereocenters. The normalized spacial score (nSPS) is 13.1. The van der Waals surface area contributed by atoms with Gasteiger partial charge in [0.15, 0.2) is 0 Å². The van der Waals surface area contributed by atoms with Crippen LogP contribution in [0.2, 0.25) is 0 Å². The van der Waals surface area contributed by atoms with Crippen molar-refractivity contribution in [3.05, 3.63) is 452 Å². The molecule has 0 bridgehead atoms. The molecule has 6 aliphatic heterocycles. The minimum atomic E-state index is 0.122. The Bertz CT molecular complexity index is 7270. The van der Waals surface area contributed by atoms with Gasteiger partial charge in [0.05, 0.1) is 0 Å². The summed E-state index contributed by atoms with van der Waals surface area (Å²) in [6.07, 6.45) is 0. The van der Waals surface area contributed by atoms with Crippen molar-refractivity contribution in [3.8, 4) is 33.4 Å². The van der Waals surface area contributed by atoms with Gasteiger partial charge in [0.25, 0.3) is 20.1 Å². The lowest BCUT2D eigenvalue weighted by molar-refractivity contribution is 0.866. The third-order valence-electron chi connectivity index (χ3n) is 27.6. The van der Waals surface area contributed by atoms with E-state index in [1.807, 2.05) is 0 Å². The van der Waals surface area contributed by atoms with Crippen LogP contribution in [0.1, 0.15) is 107 Å². The highest BCUT2D eigenvalue weighted by atomic mass is 15.2. The van der Waals surface area contributed by atoms with E-state index < -0.39 is 0 Å². The van der Waals surface area contributed by atoms with E-state index in [0.717, 1.165) is 0 Å². The fraction of sp³-hybridized carbons (Fsp3) is 0.107. The number of fused-ring (bicyclic) bond motifs is 12. The molecule has 130 heavy (non-hydrogen) atoms. The van der Waals surface area contributed by atoms with E-state index in [-0.39, 0.29) is 20.1 Å². The third kappa shape index (κ3) is 14.1. The van der Waals surface area contributed by atoms with Crippen LogP contribution in [0.3, 0.4) is 0 Å². The van der Waals surface area contributed by atoms with Gasteiger partial charge in [-0.1, -0.05) is 340 Å². The van der Waals surface area contributed by atoms with E-state index in [9.17, 15) is 0 Å². The van der Waals surface area contributed by atoms with Crippen molar-refractivity contribution in [1.82, 2.24) is 0 Å². The molecule has 0 N–H and O–H groups in total. The minimum absolute atomic E-state index is 0.122. The lowest BCUT2D eigenvalue weighted by atomic mass is 9.33. The number of anilines is 18. The van der Waals surface area contributed by atoms with Crippen molar-refractivity contribution in [2.45, 2.75) is 86.0 Å². The van der Waals surface area contributed by atoms with Gasteiger partial charge in [-0.2, -0.15) is 0 Å². The molecular weight excluding hydrogens is 1570 g/mol. The van der Waals surface area contributed by atoms with Crippen molar-refractivity contribution in [3.63, 3.8) is 0 Å². The Hall–Kier alpha value is -15.0. The lowest BCUT2D eigenvalue weighted by Crippen LogP contribution is -2.61. The number of benzene rings is 18. The quantitative estimate of drug-likeness (QED) is 0.106. The van der Waals surface area contributed by atoms with Crippen LogP contribution in [0.15, 0.2) is 425 Å². The van der Waals surface area contributed by atoms with Crippen molar-refractivity contribution in [2.75, 3.05) is 29.4 Å². The standard InChI is InChI=1S/C45H43BN2.C39H31BN2.C37H27BN2/c1-29(2)32-14-16-35(17-15-32)36-22-27-40-44(28-36)48(38-25-20-34(21-26-38)31(5)6)43-13-9-12-42-45(43)46(40)39-10-7-8-11-41(39)47(42)37-23-18-33(19-24-37)30(3)4;1-27(2)28-20-22-29(23-21-28)30-24-25-34-38(26-30)42(32-14-7-4-8-15-32)37-19-11-18-36-39(37)40(34)33-16-9-10-17-35(33)41(36)31-12-5-3-6-13-31;1-26-19-21-27(22-20-26)28-23-24-32-36(25-28)40(30-13-6-3-7-14-30)35-18-10-17-34-37(35)38(32)31-15-8-9-16-33(31)39(34)29-11-4-2-5-12-29/h7-31H,1-6H3;3-27H,1-2H3;2-25H,1H3. The molecule has 0 radical (unpaired) electrons. The monoisotopic (exact) mass is 1670 g/mol. The predicted molar refractivity (Wildman–Crippen MR) is 559 cm³/mol. The molecule has 6 aliphatic rings. The van der Waals surface area contributed by atoms with Gasteiger partial charge < -0.3 is 29.4 Å². The van der Waals surface area contributed by atoms with Crippen LogP contribution in [0, 0.1) is 6.92 Å². The Morgan fingerprint density at radius 2 is 0.354 bits per heavy atom. The highest BCUT2D eigenvalue weighted by Crippen LogP contribution is 2.50. The van der Waals surface area contributed by atoms with Gasteiger partial charge in [0.2, 0.25) is 0 Å². The van der Waals surface area contributed by atoms with Gasteiger partial charge >= 0.3 is 0 Å². The van der Waals surface area contributed by atoms with E-state index >= 15 is 0 Å². The van der Waals surface area contributed by atoms with E-state index in [1.165, 1.54) is 213 Å². The molecule has 624 valence electrons. The van der Waals surface area contributed by atoms with Crippen LogP contribution in [0.25, 0.3) is 33.4 Å². The minimum Gasteiger partial charge on any atom is -0.311 e. The maximum Gasteiger partial charge on any atom is 0.252 e. The molecule has 0 spiro atoms. The van der Waals surface area contributed by atoms with Crippen molar-refractivity contribution >= 4 is 172 Å². The first-order valence-electron chi connectivity index (χ1n) is 46.3. The van der Waals surface area contributed by atoms with Gasteiger partial charge in [0, 0.05) is 102 Å². The molecule has 0 saturated heterocycles. The van der Waals surface area contributed by atoms with Crippen LogP contribution in [-0.4, -0.2) is 20.1 Å². The molecule has 9 heteroatoms. The Labute approximate surface area is 767 Å². The summed E-state index contributed by atoms with van der Waals surface area (Å²) in [7, 11) is 0. The summed E-state index contributed by atoms with van der Waals surface area (Å²) in [5.41, 5.74) is 48.2. The van der Waals surface area contributed by atoms with Crippen molar-refractivity contribution in [2.24, 2.45) is 0 Å². The Kier molecular flexibility index (Phi) is 20.9. The highest BCUT2D eigenvalue weighted by Gasteiger charge is 2.47. The molecule has 0 aliphatic carbocycles. The van der Waals surface area contributed by atoms with Crippen LogP contribution in [0.5, 0.6) is 0 Å². The third-order valence-corrected chi connectivity index (χ3v) is 27.6. The summed E-state index contributed by atoms with van der Waals surface area (Å²) in [4.78, 5) is 14.8. The fourth-order valence-electron chi connectivity index (χ4n) is 21.0. The van der Waals surface area contributed by atoms with E-state index in [2.05, 4.69) is 516 Å². The van der Waals surface area contributed by atoms with Gasteiger partial charge in [-0.3, -0.25) is 0 Å². The maximum absolute atomic E-state index is 2.51. The van der Waals surface area contributed by atoms with Crippen LogP contribution < -0.4 is 78.6 Å². The number of hydrogen-bond donors (Lipinski definition) is 0. The van der Waals surface area contributed by atoms with Crippen molar-refractivity contribution < 1.29 is 0 Å². The molecule has 6 nitrogen and oxygen atoms in total. The summed E-state index contributed by atoms with van der Waals surface area (Å²) in [6, 6.07) is 157. The van der Waals surface area contributed by atoms with Crippen molar-refractivity contribution in [1.29, 1.82) is 0 Å². The second kappa shape index (κ2) is 33.6. The smallest absolute Gasteiger partial charge is 0.252 e. The molecule has 6 heterocycles. The van der Waals surface area contributed by atoms with E-state index in [0.29, 0.717) is 23.7 Å². The highest BCUT2D eigenvalue weighted by molar-refractivity contribution is 7.02. The zero-order valence-electron chi connectivity index (χ0n) is 75.1. The van der Waals surface area contributed by atoms with Crippen LogP contribution in [-0.2, 0) is 0 Å². The molecule has 0 saturated carbocycles. The molecule has 0 fully saturated rings. The Morgan fingerprint density at radius 3 is 0.608 bits per heavy atom. The molecular formula is C121H101B3N6. The van der Waals surface area contributed by atoms with Crippen LogP contribution in [0.4, 0.5) is 102 Å². The van der Waals surface area contributed by atoms with Gasteiger partial charge in [0.1, 0.15) is 0 Å². The summed E-state index contributed by atoms with van der Waals surface area (Å²) in [5, 5.41) is 0. The first-order valence-corrected chi connectivity index (χ1v) is 46.3. The average Bonchev–Trinajstić information content (AvgIpc) is 0.709. The number of rotatable bonds is 13. The number of aryl methyl sites for hydroxylation is 1. The molecule has 0 atom stereocenters. The molecule has 18 aromatic rings. The summed E-state index contributed by atoms with van der Waals surface area (Å²) in [6.45, 7) is 20.6. The topological polar surface area (TPSA) is 19.4 Å². The van der Waals surface area contributed by atoms with E-state index in [1.54, 1.807) is 0 Å². The zero-order chi connectivity index (χ0) is 87.9. The summed E-state index contributed by atoms with van der Waals surface area (Å²) >= 11 is 0. The average molecular weight is 1670 g/mol. The first-order chi connectivity index (χ1) is 63.8. The maximum atomic E-state index is 2.51. The SMILES string of the molecule is CC(C)c1ccc(-c2ccc3c(c2)N(c2ccc(C(C)C)cc2)c2cccc4c2B3c2ccccc2N4c2ccc(C(C)C)cc2)cc1.CC(C)c1ccc(-c2ccc3c(c2)N(c2ccccc2)c2cccc4c2B3c2ccccc2N4c2ccccc2)cc1.Cc1ccc(-c2ccc3c(c2)N(c2ccccc2)c2cccc4c2B3c2ccccc2N4c2ccccc2)cc1. The zero-order valence-corrected chi connectivity index (χ0v) is 75.1. The number of nitrogens with zero attached hydrogens (tertiary/aromatic N) is 6. The Balaban J connectivity index is 0.000000115. The predicted octanol–water partition coefficient (Wildman–Crippen LogP) is 27.1. The second-order valence-electron chi connectivity index (χ2n) is 36.7. The second-order valence-corrected chi connectivity index (χ2v) is 36.7. The van der Waals surface area contributed by atoms with Gasteiger partial charge in [-0.05, 0) is 281 Å². The molecule has 0 amide bonds. The summed E-state index contributed by atoms with van der Waals surface area (Å²) in [5.74, 6) is 2.00. The lowest BCUT2D eigenvalue weighted by Gasteiger charge is -2.44. The first kappa shape index (κ1) is 80.8.